The first-order valence-electron chi connectivity index (χ1n) is 8.46. The van der Waals surface area contributed by atoms with Crippen LogP contribution in [0.2, 0.25) is 0 Å². The molecule has 0 spiro atoms. The molecule has 2 atom stereocenters. The number of hydrogen-bond donors (Lipinski definition) is 1. The van der Waals surface area contributed by atoms with Gasteiger partial charge in [-0.1, -0.05) is 26.7 Å². The third-order valence-corrected chi connectivity index (χ3v) is 6.20. The van der Waals surface area contributed by atoms with Gasteiger partial charge in [-0.3, -0.25) is 0 Å². The summed E-state index contributed by atoms with van der Waals surface area (Å²) in [5.74, 6) is 1.87. The van der Waals surface area contributed by atoms with Crippen LogP contribution in [0.4, 0.5) is 0 Å². The van der Waals surface area contributed by atoms with E-state index >= 15 is 0 Å². The topological polar surface area (TPSA) is 12.0 Å². The molecule has 2 saturated carbocycles. The van der Waals surface area contributed by atoms with Crippen molar-refractivity contribution in [1.29, 1.82) is 0 Å². The quantitative estimate of drug-likeness (QED) is 0.773. The van der Waals surface area contributed by atoms with Gasteiger partial charge >= 0.3 is 0 Å². The van der Waals surface area contributed by atoms with Crippen LogP contribution in [-0.4, -0.2) is 23.6 Å². The number of rotatable bonds is 5. The van der Waals surface area contributed by atoms with Gasteiger partial charge in [0.25, 0.3) is 0 Å². The average molecular weight is 284 g/mol. The fraction of sp³-hybridized carbons (Fsp3) is 1.00. The summed E-state index contributed by atoms with van der Waals surface area (Å²) in [4.78, 5) is 0. The van der Waals surface area contributed by atoms with Gasteiger partial charge in [-0.25, -0.2) is 0 Å². The maximum Gasteiger partial charge on any atom is 0.00722 e. The smallest absolute Gasteiger partial charge is 0.00722 e. The molecule has 1 N–H and O–H groups in total. The predicted octanol–water partition coefficient (Wildman–Crippen LogP) is 4.86. The molecule has 2 rings (SSSR count). The minimum Gasteiger partial charge on any atom is -0.311 e. The standard InChI is InChI=1S/C17H33NS/c1-13(2)11-14-5-4-6-16(12-14)18-15-7-9-17(19-3)10-8-15/h13-18H,4-12H2,1-3H3. The summed E-state index contributed by atoms with van der Waals surface area (Å²) in [5, 5.41) is 4.94. The lowest BCUT2D eigenvalue weighted by atomic mass is 9.80. The second kappa shape index (κ2) is 7.93. The van der Waals surface area contributed by atoms with Crippen molar-refractivity contribution in [3.63, 3.8) is 0 Å². The first kappa shape index (κ1) is 15.7. The maximum absolute atomic E-state index is 4.00. The van der Waals surface area contributed by atoms with Crippen molar-refractivity contribution in [2.45, 2.75) is 89.0 Å². The molecule has 0 bridgehead atoms. The highest BCUT2D eigenvalue weighted by atomic mass is 32.2. The first-order chi connectivity index (χ1) is 9.17. The number of thioether (sulfide) groups is 1. The summed E-state index contributed by atoms with van der Waals surface area (Å²) in [7, 11) is 0. The normalized spacial score (nSPS) is 36.6. The molecule has 0 aliphatic heterocycles. The van der Waals surface area contributed by atoms with E-state index in [9.17, 15) is 0 Å². The van der Waals surface area contributed by atoms with Gasteiger partial charge in [-0.15, -0.1) is 0 Å². The van der Waals surface area contributed by atoms with Crippen molar-refractivity contribution in [1.82, 2.24) is 5.32 Å². The van der Waals surface area contributed by atoms with Crippen molar-refractivity contribution < 1.29 is 0 Å². The fourth-order valence-corrected chi connectivity index (χ4v) is 4.87. The third-order valence-electron chi connectivity index (χ3n) is 5.07. The predicted molar refractivity (Wildman–Crippen MR) is 87.9 cm³/mol. The minimum absolute atomic E-state index is 0.825. The van der Waals surface area contributed by atoms with E-state index in [4.69, 9.17) is 0 Å². The third kappa shape index (κ3) is 5.30. The van der Waals surface area contributed by atoms with Crippen LogP contribution in [0, 0.1) is 11.8 Å². The van der Waals surface area contributed by atoms with E-state index < -0.39 is 0 Å². The van der Waals surface area contributed by atoms with Gasteiger partial charge in [-0.2, -0.15) is 11.8 Å². The summed E-state index contributed by atoms with van der Waals surface area (Å²) in [6.07, 6.45) is 15.2. The molecule has 0 amide bonds. The largest absolute Gasteiger partial charge is 0.311 e. The van der Waals surface area contributed by atoms with Crippen LogP contribution >= 0.6 is 11.8 Å². The monoisotopic (exact) mass is 283 g/mol. The highest BCUT2D eigenvalue weighted by Crippen LogP contribution is 2.32. The molecule has 2 aliphatic carbocycles. The zero-order valence-electron chi connectivity index (χ0n) is 13.2. The Labute approximate surface area is 124 Å². The molecule has 0 heterocycles. The molecule has 1 nitrogen and oxygen atoms in total. The molecule has 2 fully saturated rings. The second-order valence-corrected chi connectivity index (χ2v) is 8.37. The summed E-state index contributed by atoms with van der Waals surface area (Å²) >= 11 is 2.07. The summed E-state index contributed by atoms with van der Waals surface area (Å²) in [5.41, 5.74) is 0. The molecular weight excluding hydrogens is 250 g/mol. The molecule has 112 valence electrons. The van der Waals surface area contributed by atoms with E-state index in [0.717, 1.165) is 29.2 Å². The Morgan fingerprint density at radius 2 is 1.74 bits per heavy atom. The average Bonchev–Trinajstić information content (AvgIpc) is 2.39. The van der Waals surface area contributed by atoms with Crippen LogP contribution in [0.15, 0.2) is 0 Å². The fourth-order valence-electron chi connectivity index (χ4n) is 4.12. The van der Waals surface area contributed by atoms with E-state index in [0.29, 0.717) is 0 Å². The summed E-state index contributed by atoms with van der Waals surface area (Å²) < 4.78 is 0. The van der Waals surface area contributed by atoms with E-state index in [-0.39, 0.29) is 0 Å². The van der Waals surface area contributed by atoms with Crippen LogP contribution in [0.25, 0.3) is 0 Å². The van der Waals surface area contributed by atoms with Crippen molar-refractivity contribution in [2.75, 3.05) is 6.26 Å². The zero-order valence-corrected chi connectivity index (χ0v) is 14.0. The molecule has 0 aromatic carbocycles. The highest BCUT2D eigenvalue weighted by Gasteiger charge is 2.26. The number of nitrogens with one attached hydrogen (secondary N) is 1. The Morgan fingerprint density at radius 1 is 1.00 bits per heavy atom. The molecule has 0 saturated heterocycles. The van der Waals surface area contributed by atoms with Gasteiger partial charge in [0.15, 0.2) is 0 Å². The molecule has 19 heavy (non-hydrogen) atoms. The van der Waals surface area contributed by atoms with Gasteiger partial charge in [0.05, 0.1) is 0 Å². The van der Waals surface area contributed by atoms with Gasteiger partial charge in [0.2, 0.25) is 0 Å². The second-order valence-electron chi connectivity index (χ2n) is 7.24. The van der Waals surface area contributed by atoms with E-state index in [1.807, 2.05) is 0 Å². The van der Waals surface area contributed by atoms with Gasteiger partial charge in [-0.05, 0) is 63.0 Å². The Bertz CT molecular complexity index is 246. The van der Waals surface area contributed by atoms with Crippen LogP contribution < -0.4 is 5.32 Å². The molecule has 2 heteroatoms. The SMILES string of the molecule is CSC1CCC(NC2CCCC(CC(C)C)C2)CC1. The lowest BCUT2D eigenvalue weighted by Gasteiger charge is -2.36. The van der Waals surface area contributed by atoms with Gasteiger partial charge in [0, 0.05) is 17.3 Å². The van der Waals surface area contributed by atoms with E-state index in [1.165, 1.54) is 57.8 Å². The molecule has 2 aliphatic rings. The van der Waals surface area contributed by atoms with Crippen molar-refractivity contribution >= 4 is 11.8 Å². The molecule has 0 aromatic rings. The van der Waals surface area contributed by atoms with Gasteiger partial charge < -0.3 is 5.32 Å². The molecule has 0 radical (unpaired) electrons. The van der Waals surface area contributed by atoms with Crippen LogP contribution in [0.1, 0.15) is 71.6 Å². The Kier molecular flexibility index (Phi) is 6.55. The van der Waals surface area contributed by atoms with E-state index in [1.54, 1.807) is 0 Å². The van der Waals surface area contributed by atoms with Crippen molar-refractivity contribution in [2.24, 2.45) is 11.8 Å². The molecular formula is C17H33NS. The van der Waals surface area contributed by atoms with Crippen molar-refractivity contribution in [3.8, 4) is 0 Å². The zero-order chi connectivity index (χ0) is 13.7. The Hall–Kier alpha value is 0.310. The Morgan fingerprint density at radius 3 is 2.37 bits per heavy atom. The molecule has 2 unspecified atom stereocenters. The summed E-state index contributed by atoms with van der Waals surface area (Å²) in [6, 6.07) is 1.65. The Balaban J connectivity index is 1.70. The van der Waals surface area contributed by atoms with Crippen LogP contribution in [-0.2, 0) is 0 Å². The minimum atomic E-state index is 0.825. The first-order valence-corrected chi connectivity index (χ1v) is 9.75. The lowest BCUT2D eigenvalue weighted by Crippen LogP contribution is -2.43. The lowest BCUT2D eigenvalue weighted by molar-refractivity contribution is 0.226. The highest BCUT2D eigenvalue weighted by molar-refractivity contribution is 7.99. The van der Waals surface area contributed by atoms with Crippen LogP contribution in [0.3, 0.4) is 0 Å². The molecule has 0 aromatic heterocycles. The van der Waals surface area contributed by atoms with Crippen molar-refractivity contribution in [3.05, 3.63) is 0 Å². The maximum atomic E-state index is 4.00. The number of hydrogen-bond acceptors (Lipinski definition) is 2. The van der Waals surface area contributed by atoms with E-state index in [2.05, 4.69) is 37.2 Å². The summed E-state index contributed by atoms with van der Waals surface area (Å²) in [6.45, 7) is 4.75. The van der Waals surface area contributed by atoms with Gasteiger partial charge in [0.1, 0.15) is 0 Å². The van der Waals surface area contributed by atoms with Crippen LogP contribution in [0.5, 0.6) is 0 Å².